The fourth-order valence-corrected chi connectivity index (χ4v) is 2.52. The SMILES string of the molecule is CN1CCC(Nc2cc(Br)ccc2C(F)(F)F)C1. The molecule has 0 aliphatic carbocycles. The second-order valence-corrected chi connectivity index (χ2v) is 5.50. The number of likely N-dealkylation sites (tertiary alicyclic amines) is 1. The predicted octanol–water partition coefficient (Wildman–Crippen LogP) is 3.58. The Balaban J connectivity index is 2.23. The van der Waals surface area contributed by atoms with Crippen LogP contribution in [0.1, 0.15) is 12.0 Å². The minimum atomic E-state index is -4.33. The van der Waals surface area contributed by atoms with Gasteiger partial charge in [-0.3, -0.25) is 0 Å². The fraction of sp³-hybridized carbons (Fsp3) is 0.500. The molecule has 100 valence electrons. The van der Waals surface area contributed by atoms with Gasteiger partial charge in [-0.2, -0.15) is 13.2 Å². The van der Waals surface area contributed by atoms with E-state index in [0.29, 0.717) is 4.47 Å². The van der Waals surface area contributed by atoms with Crippen molar-refractivity contribution in [1.82, 2.24) is 4.90 Å². The summed E-state index contributed by atoms with van der Waals surface area (Å²) < 4.78 is 39.2. The van der Waals surface area contributed by atoms with Crippen molar-refractivity contribution in [2.24, 2.45) is 0 Å². The highest BCUT2D eigenvalue weighted by molar-refractivity contribution is 9.10. The van der Waals surface area contributed by atoms with Gasteiger partial charge in [0.15, 0.2) is 0 Å². The van der Waals surface area contributed by atoms with Crippen LogP contribution in [0.2, 0.25) is 0 Å². The van der Waals surface area contributed by atoms with E-state index in [1.54, 1.807) is 0 Å². The summed E-state index contributed by atoms with van der Waals surface area (Å²) in [5.41, 5.74) is -0.461. The summed E-state index contributed by atoms with van der Waals surface area (Å²) >= 11 is 3.21. The van der Waals surface area contributed by atoms with Crippen LogP contribution in [0.5, 0.6) is 0 Å². The van der Waals surface area contributed by atoms with Gasteiger partial charge >= 0.3 is 6.18 Å². The van der Waals surface area contributed by atoms with Gasteiger partial charge in [-0.15, -0.1) is 0 Å². The molecule has 1 unspecified atom stereocenters. The highest BCUT2D eigenvalue weighted by atomic mass is 79.9. The lowest BCUT2D eigenvalue weighted by Gasteiger charge is -2.19. The van der Waals surface area contributed by atoms with Crippen LogP contribution in [0, 0.1) is 0 Å². The summed E-state index contributed by atoms with van der Waals surface area (Å²) in [6.07, 6.45) is -3.46. The normalized spacial score (nSPS) is 21.3. The first-order valence-electron chi connectivity index (χ1n) is 5.68. The Morgan fingerprint density at radius 2 is 2.11 bits per heavy atom. The van der Waals surface area contributed by atoms with Crippen molar-refractivity contribution < 1.29 is 13.2 Å². The van der Waals surface area contributed by atoms with Crippen molar-refractivity contribution >= 4 is 21.6 Å². The van der Waals surface area contributed by atoms with Gasteiger partial charge in [0.1, 0.15) is 0 Å². The second-order valence-electron chi connectivity index (χ2n) is 4.58. The molecule has 1 aromatic rings. The third kappa shape index (κ3) is 3.17. The van der Waals surface area contributed by atoms with Crippen LogP contribution in [0.3, 0.4) is 0 Å². The average Bonchev–Trinajstić information content (AvgIpc) is 2.62. The van der Waals surface area contributed by atoms with Crippen molar-refractivity contribution in [2.75, 3.05) is 25.5 Å². The molecule has 1 saturated heterocycles. The van der Waals surface area contributed by atoms with E-state index in [0.717, 1.165) is 25.6 Å². The molecule has 1 aliphatic rings. The number of nitrogens with zero attached hydrogens (tertiary/aromatic N) is 1. The van der Waals surface area contributed by atoms with Crippen LogP contribution >= 0.6 is 15.9 Å². The summed E-state index contributed by atoms with van der Waals surface area (Å²) in [6, 6.07) is 4.08. The highest BCUT2D eigenvalue weighted by Gasteiger charge is 2.34. The second kappa shape index (κ2) is 5.09. The fourth-order valence-electron chi connectivity index (χ4n) is 2.16. The first-order valence-corrected chi connectivity index (χ1v) is 6.47. The van der Waals surface area contributed by atoms with E-state index in [9.17, 15) is 13.2 Å². The van der Waals surface area contributed by atoms with Gasteiger partial charge in [0, 0.05) is 22.7 Å². The molecule has 2 rings (SSSR count). The molecule has 1 N–H and O–H groups in total. The highest BCUT2D eigenvalue weighted by Crippen LogP contribution is 2.36. The van der Waals surface area contributed by atoms with Gasteiger partial charge in [0.25, 0.3) is 0 Å². The Kier molecular flexibility index (Phi) is 3.87. The minimum absolute atomic E-state index is 0.0744. The van der Waals surface area contributed by atoms with Crippen LogP contribution in [0.15, 0.2) is 22.7 Å². The van der Waals surface area contributed by atoms with E-state index >= 15 is 0 Å². The van der Waals surface area contributed by atoms with Crippen molar-refractivity contribution in [3.63, 3.8) is 0 Å². The van der Waals surface area contributed by atoms with E-state index < -0.39 is 11.7 Å². The number of hydrogen-bond acceptors (Lipinski definition) is 2. The monoisotopic (exact) mass is 322 g/mol. The van der Waals surface area contributed by atoms with Gasteiger partial charge < -0.3 is 10.2 Å². The average molecular weight is 323 g/mol. The summed E-state index contributed by atoms with van der Waals surface area (Å²) in [4.78, 5) is 2.10. The molecule has 2 nitrogen and oxygen atoms in total. The third-order valence-corrected chi connectivity index (χ3v) is 3.53. The number of hydrogen-bond donors (Lipinski definition) is 1. The zero-order chi connectivity index (χ0) is 13.3. The maximum absolute atomic E-state index is 12.9. The third-order valence-electron chi connectivity index (χ3n) is 3.04. The number of rotatable bonds is 2. The Labute approximate surface area is 112 Å². The maximum atomic E-state index is 12.9. The molecule has 0 bridgehead atoms. The number of halogens is 4. The quantitative estimate of drug-likeness (QED) is 0.895. The minimum Gasteiger partial charge on any atom is -0.380 e. The molecule has 1 fully saturated rings. The van der Waals surface area contributed by atoms with Gasteiger partial charge in [-0.25, -0.2) is 0 Å². The zero-order valence-electron chi connectivity index (χ0n) is 9.89. The first-order chi connectivity index (χ1) is 8.36. The van der Waals surface area contributed by atoms with Gasteiger partial charge in [0.2, 0.25) is 0 Å². The topological polar surface area (TPSA) is 15.3 Å². The van der Waals surface area contributed by atoms with Gasteiger partial charge in [-0.1, -0.05) is 15.9 Å². The number of alkyl halides is 3. The maximum Gasteiger partial charge on any atom is 0.418 e. The van der Waals surface area contributed by atoms with Crippen LogP contribution < -0.4 is 5.32 Å². The zero-order valence-corrected chi connectivity index (χ0v) is 11.5. The van der Waals surface area contributed by atoms with Crippen LogP contribution in [-0.2, 0) is 6.18 Å². The summed E-state index contributed by atoms with van der Waals surface area (Å²) in [5, 5.41) is 3.00. The Hall–Kier alpha value is -0.750. The number of nitrogens with one attached hydrogen (secondary N) is 1. The molecule has 1 aromatic carbocycles. The van der Waals surface area contributed by atoms with E-state index in [-0.39, 0.29) is 11.7 Å². The van der Waals surface area contributed by atoms with Crippen molar-refractivity contribution in [3.8, 4) is 0 Å². The van der Waals surface area contributed by atoms with Gasteiger partial charge in [-0.05, 0) is 38.2 Å². The molecule has 6 heteroatoms. The van der Waals surface area contributed by atoms with Crippen molar-refractivity contribution in [2.45, 2.75) is 18.6 Å². The number of likely N-dealkylation sites (N-methyl/N-ethyl adjacent to an activating group) is 1. The molecular formula is C12H14BrF3N2. The van der Waals surface area contributed by atoms with E-state index in [1.807, 2.05) is 7.05 Å². The number of anilines is 1. The largest absolute Gasteiger partial charge is 0.418 e. The first kappa shape index (κ1) is 13.7. The lowest BCUT2D eigenvalue weighted by molar-refractivity contribution is -0.137. The Bertz CT molecular complexity index is 434. The molecule has 0 radical (unpaired) electrons. The van der Waals surface area contributed by atoms with E-state index in [1.165, 1.54) is 12.1 Å². The molecule has 0 spiro atoms. The molecule has 1 heterocycles. The summed E-state index contributed by atoms with van der Waals surface area (Å²) in [5.74, 6) is 0. The summed E-state index contributed by atoms with van der Waals surface area (Å²) in [7, 11) is 1.97. The Morgan fingerprint density at radius 3 is 2.67 bits per heavy atom. The van der Waals surface area contributed by atoms with E-state index in [4.69, 9.17) is 0 Å². The van der Waals surface area contributed by atoms with Crippen molar-refractivity contribution in [1.29, 1.82) is 0 Å². The predicted molar refractivity (Wildman–Crippen MR) is 68.7 cm³/mol. The number of benzene rings is 1. The van der Waals surface area contributed by atoms with Crippen LogP contribution in [-0.4, -0.2) is 31.1 Å². The van der Waals surface area contributed by atoms with Crippen LogP contribution in [0.4, 0.5) is 18.9 Å². The van der Waals surface area contributed by atoms with Crippen LogP contribution in [0.25, 0.3) is 0 Å². The Morgan fingerprint density at radius 1 is 1.39 bits per heavy atom. The van der Waals surface area contributed by atoms with Gasteiger partial charge in [0.05, 0.1) is 5.56 Å². The van der Waals surface area contributed by atoms with Crippen molar-refractivity contribution in [3.05, 3.63) is 28.2 Å². The molecular weight excluding hydrogens is 309 g/mol. The lowest BCUT2D eigenvalue weighted by Crippen LogP contribution is -2.25. The molecule has 1 atom stereocenters. The van der Waals surface area contributed by atoms with E-state index in [2.05, 4.69) is 26.1 Å². The molecule has 18 heavy (non-hydrogen) atoms. The molecule has 1 aliphatic heterocycles. The molecule has 0 amide bonds. The summed E-state index contributed by atoms with van der Waals surface area (Å²) in [6.45, 7) is 1.68. The molecule has 0 aromatic heterocycles. The molecule has 0 saturated carbocycles. The standard InChI is InChI=1S/C12H14BrF3N2/c1-18-5-4-9(7-18)17-11-6-8(13)2-3-10(11)12(14,15)16/h2-3,6,9,17H,4-5,7H2,1H3. The lowest BCUT2D eigenvalue weighted by atomic mass is 10.1. The smallest absolute Gasteiger partial charge is 0.380 e.